The van der Waals surface area contributed by atoms with Gasteiger partial charge in [0.1, 0.15) is 0 Å². The Morgan fingerprint density at radius 3 is 2.67 bits per heavy atom. The lowest BCUT2D eigenvalue weighted by Crippen LogP contribution is -2.42. The molecule has 1 unspecified atom stereocenters. The van der Waals surface area contributed by atoms with Crippen molar-refractivity contribution in [3.63, 3.8) is 0 Å². The molecule has 1 amide bonds. The van der Waals surface area contributed by atoms with Gasteiger partial charge in [0, 0.05) is 19.2 Å². The summed E-state index contributed by atoms with van der Waals surface area (Å²) in [4.78, 5) is 15.0. The molecule has 0 spiro atoms. The number of rotatable bonds is 4. The average molecular weight is 287 g/mol. The minimum Gasteiger partial charge on any atom is -0.381 e. The monoisotopic (exact) mass is 287 g/mol. The molecule has 0 bridgehead atoms. The molecule has 2 aliphatic rings. The Balaban J connectivity index is 1.78. The molecule has 1 atom stereocenters. The van der Waals surface area contributed by atoms with Gasteiger partial charge in [-0.05, 0) is 37.3 Å². The number of carbonyl (C=O) groups excluding carboxylic acids is 1. The predicted molar refractivity (Wildman–Crippen MR) is 82.9 cm³/mol. The van der Waals surface area contributed by atoms with Crippen molar-refractivity contribution in [3.05, 3.63) is 35.4 Å². The standard InChI is InChI=1S/C18H25NO2/c1-14-6-2-3-7-15(14)12-19(17-8-4-5-9-17)18(20)16-10-11-21-13-16/h2-3,6-7,16-17H,4-5,8-13H2,1H3. The number of benzene rings is 1. The number of amides is 1. The summed E-state index contributed by atoms with van der Waals surface area (Å²) in [5.41, 5.74) is 2.55. The van der Waals surface area contributed by atoms with E-state index >= 15 is 0 Å². The molecule has 0 N–H and O–H groups in total. The normalized spacial score (nSPS) is 22.6. The molecule has 1 aliphatic carbocycles. The van der Waals surface area contributed by atoms with Crippen molar-refractivity contribution < 1.29 is 9.53 Å². The summed E-state index contributed by atoms with van der Waals surface area (Å²) in [5.74, 6) is 0.386. The molecule has 21 heavy (non-hydrogen) atoms. The first-order chi connectivity index (χ1) is 10.3. The lowest BCUT2D eigenvalue weighted by atomic mass is 10.0. The Morgan fingerprint density at radius 2 is 2.00 bits per heavy atom. The second kappa shape index (κ2) is 6.61. The summed E-state index contributed by atoms with van der Waals surface area (Å²) < 4.78 is 5.42. The maximum Gasteiger partial charge on any atom is 0.228 e. The highest BCUT2D eigenvalue weighted by molar-refractivity contribution is 5.79. The summed E-state index contributed by atoms with van der Waals surface area (Å²) in [6.45, 7) is 4.23. The number of ether oxygens (including phenoxy) is 1. The van der Waals surface area contributed by atoms with E-state index in [1.54, 1.807) is 0 Å². The molecule has 3 heteroatoms. The zero-order valence-electron chi connectivity index (χ0n) is 12.9. The number of aryl methyl sites for hydroxylation is 1. The first kappa shape index (κ1) is 14.6. The van der Waals surface area contributed by atoms with Crippen LogP contribution in [0.1, 0.15) is 43.2 Å². The van der Waals surface area contributed by atoms with Crippen LogP contribution in [0.25, 0.3) is 0 Å². The molecule has 1 heterocycles. The van der Waals surface area contributed by atoms with Gasteiger partial charge in [0.05, 0.1) is 12.5 Å². The summed E-state index contributed by atoms with van der Waals surface area (Å²) in [6.07, 6.45) is 5.71. The van der Waals surface area contributed by atoms with Gasteiger partial charge in [0.25, 0.3) is 0 Å². The molecule has 1 saturated heterocycles. The van der Waals surface area contributed by atoms with Crippen molar-refractivity contribution in [1.29, 1.82) is 0 Å². The van der Waals surface area contributed by atoms with Gasteiger partial charge in [-0.25, -0.2) is 0 Å². The van der Waals surface area contributed by atoms with E-state index in [1.807, 2.05) is 0 Å². The van der Waals surface area contributed by atoms with Crippen LogP contribution in [0.2, 0.25) is 0 Å². The third-order valence-corrected chi connectivity index (χ3v) is 4.93. The first-order valence-electron chi connectivity index (χ1n) is 8.18. The third-order valence-electron chi connectivity index (χ3n) is 4.93. The molecule has 0 radical (unpaired) electrons. The van der Waals surface area contributed by atoms with Gasteiger partial charge in [-0.15, -0.1) is 0 Å². The maximum absolute atomic E-state index is 12.9. The van der Waals surface area contributed by atoms with Gasteiger partial charge in [0.15, 0.2) is 0 Å². The lowest BCUT2D eigenvalue weighted by Gasteiger charge is -2.31. The molecule has 1 saturated carbocycles. The van der Waals surface area contributed by atoms with Gasteiger partial charge < -0.3 is 9.64 Å². The topological polar surface area (TPSA) is 29.5 Å². The van der Waals surface area contributed by atoms with Gasteiger partial charge >= 0.3 is 0 Å². The van der Waals surface area contributed by atoms with Crippen LogP contribution in [-0.4, -0.2) is 30.1 Å². The van der Waals surface area contributed by atoms with Crippen LogP contribution < -0.4 is 0 Å². The smallest absolute Gasteiger partial charge is 0.228 e. The van der Waals surface area contributed by atoms with Crippen LogP contribution in [0.5, 0.6) is 0 Å². The van der Waals surface area contributed by atoms with Gasteiger partial charge in [-0.2, -0.15) is 0 Å². The van der Waals surface area contributed by atoms with Crippen molar-refractivity contribution in [1.82, 2.24) is 4.90 Å². The molecule has 114 valence electrons. The molecule has 0 aromatic heterocycles. The fraction of sp³-hybridized carbons (Fsp3) is 0.611. The molecule has 3 rings (SSSR count). The summed E-state index contributed by atoms with van der Waals surface area (Å²) >= 11 is 0. The van der Waals surface area contributed by atoms with E-state index in [9.17, 15) is 4.79 Å². The fourth-order valence-corrected chi connectivity index (χ4v) is 3.54. The third kappa shape index (κ3) is 3.29. The highest BCUT2D eigenvalue weighted by atomic mass is 16.5. The minimum absolute atomic E-state index is 0.0784. The zero-order chi connectivity index (χ0) is 14.7. The van der Waals surface area contributed by atoms with Crippen molar-refractivity contribution >= 4 is 5.91 Å². The summed E-state index contributed by atoms with van der Waals surface area (Å²) in [6, 6.07) is 8.84. The minimum atomic E-state index is 0.0784. The van der Waals surface area contributed by atoms with E-state index in [-0.39, 0.29) is 5.92 Å². The van der Waals surface area contributed by atoms with Crippen molar-refractivity contribution in [3.8, 4) is 0 Å². The van der Waals surface area contributed by atoms with Gasteiger partial charge in [-0.3, -0.25) is 4.79 Å². The van der Waals surface area contributed by atoms with Crippen LogP contribution in [0.4, 0.5) is 0 Å². The average Bonchev–Trinajstić information content (AvgIpc) is 3.19. The molecule has 1 aromatic carbocycles. The number of hydrogen-bond acceptors (Lipinski definition) is 2. The van der Waals surface area contributed by atoms with E-state index in [1.165, 1.54) is 24.0 Å². The quantitative estimate of drug-likeness (QED) is 0.850. The van der Waals surface area contributed by atoms with E-state index in [4.69, 9.17) is 4.74 Å². The van der Waals surface area contributed by atoms with E-state index in [0.29, 0.717) is 18.6 Å². The second-order valence-electron chi connectivity index (χ2n) is 6.39. The number of nitrogens with zero attached hydrogens (tertiary/aromatic N) is 1. The highest BCUT2D eigenvalue weighted by Gasteiger charge is 2.33. The Kier molecular flexibility index (Phi) is 4.59. The summed E-state index contributed by atoms with van der Waals surface area (Å²) in [5, 5.41) is 0. The summed E-state index contributed by atoms with van der Waals surface area (Å²) in [7, 11) is 0. The Labute approximate surface area is 127 Å². The van der Waals surface area contributed by atoms with Crippen LogP contribution in [-0.2, 0) is 16.1 Å². The van der Waals surface area contributed by atoms with Gasteiger partial charge in [-0.1, -0.05) is 37.1 Å². The Bertz CT molecular complexity index is 488. The molecule has 1 aliphatic heterocycles. The van der Waals surface area contributed by atoms with Crippen molar-refractivity contribution in [2.24, 2.45) is 5.92 Å². The predicted octanol–water partition coefficient (Wildman–Crippen LogP) is 3.30. The Morgan fingerprint density at radius 1 is 1.24 bits per heavy atom. The molecule has 3 nitrogen and oxygen atoms in total. The lowest BCUT2D eigenvalue weighted by molar-refractivity contribution is -0.138. The largest absolute Gasteiger partial charge is 0.381 e. The molecular formula is C18H25NO2. The molecule has 1 aromatic rings. The Hall–Kier alpha value is -1.35. The van der Waals surface area contributed by atoms with Crippen LogP contribution in [0, 0.1) is 12.8 Å². The van der Waals surface area contributed by atoms with E-state index in [2.05, 4.69) is 36.1 Å². The molecular weight excluding hydrogens is 262 g/mol. The van der Waals surface area contributed by atoms with Crippen molar-refractivity contribution in [2.45, 2.75) is 51.6 Å². The van der Waals surface area contributed by atoms with E-state index in [0.717, 1.165) is 32.4 Å². The maximum atomic E-state index is 12.9. The van der Waals surface area contributed by atoms with Crippen LogP contribution in [0.3, 0.4) is 0 Å². The zero-order valence-corrected chi connectivity index (χ0v) is 12.9. The SMILES string of the molecule is Cc1ccccc1CN(C(=O)C1CCOC1)C1CCCC1. The number of carbonyl (C=O) groups is 1. The van der Waals surface area contributed by atoms with Crippen LogP contribution in [0.15, 0.2) is 24.3 Å². The second-order valence-corrected chi connectivity index (χ2v) is 6.39. The van der Waals surface area contributed by atoms with Crippen LogP contribution >= 0.6 is 0 Å². The van der Waals surface area contributed by atoms with E-state index < -0.39 is 0 Å². The fourth-order valence-electron chi connectivity index (χ4n) is 3.54. The first-order valence-corrected chi connectivity index (χ1v) is 8.18. The van der Waals surface area contributed by atoms with Gasteiger partial charge in [0.2, 0.25) is 5.91 Å². The highest BCUT2D eigenvalue weighted by Crippen LogP contribution is 2.28. The molecule has 2 fully saturated rings. The van der Waals surface area contributed by atoms with Crippen molar-refractivity contribution in [2.75, 3.05) is 13.2 Å². The number of hydrogen-bond donors (Lipinski definition) is 0.